The van der Waals surface area contributed by atoms with Crippen molar-refractivity contribution < 1.29 is 18.3 Å². The van der Waals surface area contributed by atoms with Crippen LogP contribution in [0.4, 0.5) is 13.6 Å². The number of halogens is 2. The molecule has 28 heavy (non-hydrogen) atoms. The molecule has 1 N–H and O–H groups in total. The number of rotatable bonds is 2. The maximum absolute atomic E-state index is 14.2. The molecule has 1 aliphatic heterocycles. The lowest BCUT2D eigenvalue weighted by atomic mass is 9.96. The number of amides is 1. The number of ether oxygens (including phenoxy) is 1. The second-order valence-corrected chi connectivity index (χ2v) is 6.11. The Balaban J connectivity index is 1.67. The van der Waals surface area contributed by atoms with Gasteiger partial charge >= 0.3 is 6.09 Å². The Kier molecular flexibility index (Phi) is 4.68. The van der Waals surface area contributed by atoms with E-state index in [0.29, 0.717) is 11.1 Å². The Morgan fingerprint density at radius 1 is 1.00 bits per heavy atom. The quantitative estimate of drug-likeness (QED) is 0.692. The highest BCUT2D eigenvalue weighted by Gasteiger charge is 2.38. The number of benzene rings is 1. The van der Waals surface area contributed by atoms with Gasteiger partial charge in [0.2, 0.25) is 0 Å². The van der Waals surface area contributed by atoms with Gasteiger partial charge in [-0.2, -0.15) is 0 Å². The monoisotopic (exact) mass is 377 g/mol. The van der Waals surface area contributed by atoms with Crippen LogP contribution in [-0.2, 0) is 4.74 Å². The number of carbonyl (C=O) groups is 1. The molecule has 138 valence electrons. The van der Waals surface area contributed by atoms with Crippen molar-refractivity contribution >= 4 is 6.09 Å². The van der Waals surface area contributed by atoms with Crippen LogP contribution in [0.15, 0.2) is 61.2 Å². The first-order valence-electron chi connectivity index (χ1n) is 8.39. The number of alkyl carbamates (subject to hydrolysis) is 1. The van der Waals surface area contributed by atoms with Crippen LogP contribution in [0.2, 0.25) is 0 Å². The number of hydrogen-bond donors (Lipinski definition) is 1. The number of aromatic nitrogens is 2. The fraction of sp³-hybridized carbons (Fsp3) is 0.0952. The summed E-state index contributed by atoms with van der Waals surface area (Å²) in [6, 6.07) is 7.63. The van der Waals surface area contributed by atoms with Crippen molar-refractivity contribution in [1.82, 2.24) is 15.3 Å². The second-order valence-electron chi connectivity index (χ2n) is 6.11. The predicted molar refractivity (Wildman–Crippen MR) is 95.9 cm³/mol. The molecule has 4 rings (SSSR count). The average Bonchev–Trinajstić information content (AvgIpc) is 3.11. The molecule has 0 aliphatic carbocycles. The van der Waals surface area contributed by atoms with Gasteiger partial charge < -0.3 is 10.1 Å². The Labute approximate surface area is 159 Å². The van der Waals surface area contributed by atoms with E-state index in [1.54, 1.807) is 30.7 Å². The molecule has 0 bridgehead atoms. The van der Waals surface area contributed by atoms with Crippen molar-refractivity contribution in [2.75, 3.05) is 0 Å². The van der Waals surface area contributed by atoms with E-state index in [-0.39, 0.29) is 5.56 Å². The zero-order valence-electron chi connectivity index (χ0n) is 14.4. The van der Waals surface area contributed by atoms with E-state index in [0.717, 1.165) is 23.8 Å². The van der Waals surface area contributed by atoms with Crippen LogP contribution in [-0.4, -0.2) is 16.1 Å². The number of nitrogens with one attached hydrogen (secondary N) is 1. The number of carbonyl (C=O) groups excluding carboxylic acids is 1. The van der Waals surface area contributed by atoms with Gasteiger partial charge in [-0.15, -0.1) is 0 Å². The lowest BCUT2D eigenvalue weighted by Crippen LogP contribution is -2.20. The highest BCUT2D eigenvalue weighted by Crippen LogP contribution is 2.37. The third kappa shape index (κ3) is 3.67. The summed E-state index contributed by atoms with van der Waals surface area (Å²) in [4.78, 5) is 19.9. The first kappa shape index (κ1) is 17.6. The lowest BCUT2D eigenvalue weighted by molar-refractivity contribution is 0.130. The Bertz CT molecular complexity index is 1090. The minimum atomic E-state index is -1.02. The van der Waals surface area contributed by atoms with Gasteiger partial charge in [-0.05, 0) is 42.0 Å². The van der Waals surface area contributed by atoms with Crippen LogP contribution < -0.4 is 5.32 Å². The third-order valence-electron chi connectivity index (χ3n) is 4.21. The molecule has 3 heterocycles. The standard InChI is InChI=1S/C21H13F2N3O2/c22-16-5-6-18(23)17(9-16)20-19(26-21(27)28-20)15-8-14(11-25-12-15)4-3-13-2-1-7-24-10-13/h1-2,5-12,19-20H,(H,26,27)/t19-,20-/m1/s1. The van der Waals surface area contributed by atoms with Crippen LogP contribution in [0.5, 0.6) is 0 Å². The zero-order chi connectivity index (χ0) is 19.5. The molecule has 5 nitrogen and oxygen atoms in total. The molecule has 0 radical (unpaired) electrons. The van der Waals surface area contributed by atoms with Gasteiger partial charge in [0.15, 0.2) is 6.10 Å². The largest absolute Gasteiger partial charge is 0.439 e. The topological polar surface area (TPSA) is 64.1 Å². The minimum absolute atomic E-state index is 0.0461. The van der Waals surface area contributed by atoms with Crippen LogP contribution in [0, 0.1) is 23.5 Å². The lowest BCUT2D eigenvalue weighted by Gasteiger charge is -2.18. The molecule has 0 saturated carbocycles. The van der Waals surface area contributed by atoms with Crippen LogP contribution >= 0.6 is 0 Å². The van der Waals surface area contributed by atoms with E-state index in [1.165, 1.54) is 6.20 Å². The van der Waals surface area contributed by atoms with Crippen molar-refractivity contribution in [2.45, 2.75) is 12.1 Å². The highest BCUT2D eigenvalue weighted by molar-refractivity contribution is 5.71. The van der Waals surface area contributed by atoms with E-state index in [2.05, 4.69) is 27.1 Å². The van der Waals surface area contributed by atoms with Crippen molar-refractivity contribution in [3.8, 4) is 11.8 Å². The number of cyclic esters (lactones) is 1. The third-order valence-corrected chi connectivity index (χ3v) is 4.21. The van der Waals surface area contributed by atoms with Crippen LogP contribution in [0.3, 0.4) is 0 Å². The molecule has 3 aromatic rings. The smallest absolute Gasteiger partial charge is 0.408 e. The van der Waals surface area contributed by atoms with Crippen LogP contribution in [0.1, 0.15) is 34.4 Å². The minimum Gasteiger partial charge on any atom is -0.439 e. The summed E-state index contributed by atoms with van der Waals surface area (Å²) in [5, 5.41) is 2.62. The molecule has 7 heteroatoms. The summed E-state index contributed by atoms with van der Waals surface area (Å²) in [7, 11) is 0. The van der Waals surface area contributed by atoms with E-state index in [9.17, 15) is 13.6 Å². The maximum atomic E-state index is 14.2. The molecule has 1 fully saturated rings. The molecule has 2 atom stereocenters. The first-order chi connectivity index (χ1) is 13.6. The SMILES string of the molecule is O=C1N[C@H](c2cncc(C#Cc3cccnc3)c2)[C@@H](c2cc(F)ccc2F)O1. The van der Waals surface area contributed by atoms with Crippen molar-refractivity contribution in [3.05, 3.63) is 95.1 Å². The van der Waals surface area contributed by atoms with Gasteiger partial charge in [0.25, 0.3) is 0 Å². The van der Waals surface area contributed by atoms with E-state index in [4.69, 9.17) is 4.74 Å². The van der Waals surface area contributed by atoms with Crippen molar-refractivity contribution in [1.29, 1.82) is 0 Å². The summed E-state index contributed by atoms with van der Waals surface area (Å²) in [5.41, 5.74) is 1.86. The normalized spacial score (nSPS) is 18.0. The summed E-state index contributed by atoms with van der Waals surface area (Å²) >= 11 is 0. The van der Waals surface area contributed by atoms with Gasteiger partial charge in [0.05, 0.1) is 0 Å². The maximum Gasteiger partial charge on any atom is 0.408 e. The fourth-order valence-electron chi connectivity index (χ4n) is 2.93. The van der Waals surface area contributed by atoms with E-state index >= 15 is 0 Å². The molecule has 1 aliphatic rings. The Morgan fingerprint density at radius 3 is 2.64 bits per heavy atom. The first-order valence-corrected chi connectivity index (χ1v) is 8.39. The molecule has 2 aromatic heterocycles. The van der Waals surface area contributed by atoms with E-state index < -0.39 is 29.9 Å². The van der Waals surface area contributed by atoms with Gasteiger partial charge in [0, 0.05) is 41.5 Å². The molecular formula is C21H13F2N3O2. The van der Waals surface area contributed by atoms with Gasteiger partial charge in [-0.3, -0.25) is 9.97 Å². The number of pyridine rings is 2. The molecular weight excluding hydrogens is 364 g/mol. The van der Waals surface area contributed by atoms with Crippen LogP contribution in [0.25, 0.3) is 0 Å². The van der Waals surface area contributed by atoms with Crippen molar-refractivity contribution in [2.24, 2.45) is 0 Å². The number of hydrogen-bond acceptors (Lipinski definition) is 4. The molecule has 0 spiro atoms. The Hall–Kier alpha value is -3.79. The van der Waals surface area contributed by atoms with Gasteiger partial charge in [-0.25, -0.2) is 13.6 Å². The number of nitrogens with zero attached hydrogens (tertiary/aromatic N) is 2. The Morgan fingerprint density at radius 2 is 1.82 bits per heavy atom. The van der Waals surface area contributed by atoms with Gasteiger partial charge in [-0.1, -0.05) is 11.8 Å². The van der Waals surface area contributed by atoms with E-state index in [1.807, 2.05) is 6.07 Å². The second kappa shape index (κ2) is 7.45. The van der Waals surface area contributed by atoms with Gasteiger partial charge in [0.1, 0.15) is 17.7 Å². The average molecular weight is 377 g/mol. The molecule has 1 aromatic carbocycles. The predicted octanol–water partition coefficient (Wildman–Crippen LogP) is 3.68. The summed E-state index contributed by atoms with van der Waals surface area (Å²) in [5.74, 6) is 4.66. The summed E-state index contributed by atoms with van der Waals surface area (Å²) < 4.78 is 33.0. The molecule has 1 amide bonds. The molecule has 0 unspecified atom stereocenters. The fourth-order valence-corrected chi connectivity index (χ4v) is 2.93. The summed E-state index contributed by atoms with van der Waals surface area (Å²) in [6.45, 7) is 0. The molecule has 1 saturated heterocycles. The highest BCUT2D eigenvalue weighted by atomic mass is 19.1. The van der Waals surface area contributed by atoms with Crippen molar-refractivity contribution in [3.63, 3.8) is 0 Å². The summed E-state index contributed by atoms with van der Waals surface area (Å²) in [6.07, 6.45) is 4.65. The zero-order valence-corrected chi connectivity index (χ0v) is 14.4.